The van der Waals surface area contributed by atoms with E-state index in [1.54, 1.807) is 24.3 Å². The number of hydrogen-bond acceptors (Lipinski definition) is 5. The molecule has 2 aromatic rings. The molecule has 17 heavy (non-hydrogen) atoms. The first-order valence-corrected chi connectivity index (χ1v) is 4.78. The molecule has 0 aliphatic carbocycles. The van der Waals surface area contributed by atoms with Gasteiger partial charge in [-0.15, -0.1) is 0 Å². The third kappa shape index (κ3) is 2.36. The molecule has 0 spiro atoms. The van der Waals surface area contributed by atoms with Crippen molar-refractivity contribution in [2.24, 2.45) is 0 Å². The number of nitrogens with zero attached hydrogens (tertiary/aromatic N) is 2. The van der Waals surface area contributed by atoms with Crippen LogP contribution in [-0.2, 0) is 9.53 Å². The number of rotatable bonds is 3. The molecular formula is C11H8N2O4. The Morgan fingerprint density at radius 3 is 2.82 bits per heavy atom. The van der Waals surface area contributed by atoms with Gasteiger partial charge in [-0.05, 0) is 6.07 Å². The maximum Gasteiger partial charge on any atom is 0.341 e. The molecule has 0 aliphatic rings. The quantitative estimate of drug-likeness (QED) is 0.790. The van der Waals surface area contributed by atoms with Crippen molar-refractivity contribution in [1.82, 2.24) is 10.2 Å². The highest BCUT2D eigenvalue weighted by molar-refractivity contribution is 6.03. The highest BCUT2D eigenvalue weighted by Crippen LogP contribution is 2.15. The monoisotopic (exact) mass is 232 g/mol. The number of benzene rings is 1. The Morgan fingerprint density at radius 2 is 2.06 bits per heavy atom. The predicted octanol–water partition coefficient (Wildman–Crippen LogP) is 0.871. The van der Waals surface area contributed by atoms with E-state index in [-0.39, 0.29) is 5.56 Å². The molecule has 1 aromatic heterocycles. The second-order valence-electron chi connectivity index (χ2n) is 3.25. The molecule has 6 nitrogen and oxygen atoms in total. The van der Waals surface area contributed by atoms with Crippen LogP contribution in [0.15, 0.2) is 30.5 Å². The molecule has 1 aromatic carbocycles. The summed E-state index contributed by atoms with van der Waals surface area (Å²) >= 11 is 0. The fraction of sp³-hybridized carbons (Fsp3) is 0.0909. The molecule has 0 radical (unpaired) electrons. The van der Waals surface area contributed by atoms with Crippen molar-refractivity contribution in [2.75, 3.05) is 6.61 Å². The SMILES string of the molecule is O=C(O)COC(=O)c1cnnc2ccccc12. The number of carbonyl (C=O) groups is 2. The lowest BCUT2D eigenvalue weighted by atomic mass is 10.1. The molecule has 6 heteroatoms. The average molecular weight is 232 g/mol. The van der Waals surface area contributed by atoms with Gasteiger partial charge in [-0.1, -0.05) is 18.2 Å². The number of esters is 1. The Bertz CT molecular complexity index is 577. The molecule has 0 unspecified atom stereocenters. The van der Waals surface area contributed by atoms with Gasteiger partial charge in [0.1, 0.15) is 0 Å². The van der Waals surface area contributed by atoms with Gasteiger partial charge in [0.25, 0.3) is 0 Å². The van der Waals surface area contributed by atoms with Crippen LogP contribution in [0.2, 0.25) is 0 Å². The van der Waals surface area contributed by atoms with Crippen LogP contribution in [0.3, 0.4) is 0 Å². The molecule has 1 N–H and O–H groups in total. The van der Waals surface area contributed by atoms with Crippen LogP contribution < -0.4 is 0 Å². The molecule has 0 saturated carbocycles. The summed E-state index contributed by atoms with van der Waals surface area (Å²) in [4.78, 5) is 21.9. The lowest BCUT2D eigenvalue weighted by Gasteiger charge is -2.04. The van der Waals surface area contributed by atoms with E-state index in [4.69, 9.17) is 5.11 Å². The Morgan fingerprint density at radius 1 is 1.29 bits per heavy atom. The molecule has 0 aliphatic heterocycles. The second-order valence-corrected chi connectivity index (χ2v) is 3.25. The van der Waals surface area contributed by atoms with Gasteiger partial charge in [-0.25, -0.2) is 9.59 Å². The Kier molecular flexibility index (Phi) is 2.95. The van der Waals surface area contributed by atoms with Crippen LogP contribution in [0, 0.1) is 0 Å². The summed E-state index contributed by atoms with van der Waals surface area (Å²) in [6.07, 6.45) is 1.26. The number of fused-ring (bicyclic) bond motifs is 1. The zero-order valence-corrected chi connectivity index (χ0v) is 8.66. The first kappa shape index (κ1) is 11.0. The van der Waals surface area contributed by atoms with E-state index in [0.717, 1.165) is 0 Å². The van der Waals surface area contributed by atoms with Crippen LogP contribution in [0.25, 0.3) is 10.9 Å². The van der Waals surface area contributed by atoms with E-state index in [2.05, 4.69) is 14.9 Å². The first-order valence-electron chi connectivity index (χ1n) is 4.78. The van der Waals surface area contributed by atoms with Crippen molar-refractivity contribution in [2.45, 2.75) is 0 Å². The fourth-order valence-corrected chi connectivity index (χ4v) is 1.37. The van der Waals surface area contributed by atoms with E-state index in [1.165, 1.54) is 6.20 Å². The van der Waals surface area contributed by atoms with Gasteiger partial charge in [0.2, 0.25) is 0 Å². The molecular weight excluding hydrogens is 224 g/mol. The number of carboxylic acid groups (broad SMARTS) is 1. The standard InChI is InChI=1S/C11H8N2O4/c14-10(15)6-17-11(16)8-5-12-13-9-4-2-1-3-7(8)9/h1-5H,6H2,(H,14,15). The molecule has 2 rings (SSSR count). The van der Waals surface area contributed by atoms with E-state index in [1.807, 2.05) is 0 Å². The summed E-state index contributed by atoms with van der Waals surface area (Å²) < 4.78 is 4.59. The van der Waals surface area contributed by atoms with Crippen LogP contribution in [0.4, 0.5) is 0 Å². The smallest absolute Gasteiger partial charge is 0.341 e. The van der Waals surface area contributed by atoms with Crippen molar-refractivity contribution in [1.29, 1.82) is 0 Å². The minimum Gasteiger partial charge on any atom is -0.479 e. The Balaban J connectivity index is 2.35. The average Bonchev–Trinajstić information content (AvgIpc) is 2.35. The Labute approximate surface area is 95.8 Å². The molecule has 0 saturated heterocycles. The number of hydrogen-bond donors (Lipinski definition) is 1. The summed E-state index contributed by atoms with van der Waals surface area (Å²) in [5.41, 5.74) is 0.758. The van der Waals surface area contributed by atoms with Gasteiger partial charge in [0.05, 0.1) is 17.3 Å². The normalized spacial score (nSPS) is 10.1. The minimum absolute atomic E-state index is 0.205. The van der Waals surface area contributed by atoms with E-state index < -0.39 is 18.5 Å². The summed E-state index contributed by atoms with van der Waals surface area (Å²) in [6, 6.07) is 6.92. The van der Waals surface area contributed by atoms with Crippen molar-refractivity contribution >= 4 is 22.8 Å². The zero-order valence-electron chi connectivity index (χ0n) is 8.66. The maximum atomic E-state index is 11.6. The number of aliphatic carboxylic acids is 1. The summed E-state index contributed by atoms with van der Waals surface area (Å²) in [7, 11) is 0. The zero-order chi connectivity index (χ0) is 12.3. The van der Waals surface area contributed by atoms with Crippen LogP contribution in [0.1, 0.15) is 10.4 Å². The van der Waals surface area contributed by atoms with Gasteiger partial charge in [0, 0.05) is 5.39 Å². The summed E-state index contributed by atoms with van der Waals surface area (Å²) in [5.74, 6) is -1.93. The van der Waals surface area contributed by atoms with Crippen LogP contribution in [-0.4, -0.2) is 33.8 Å². The van der Waals surface area contributed by atoms with Crippen molar-refractivity contribution < 1.29 is 19.4 Å². The molecule has 1 heterocycles. The topological polar surface area (TPSA) is 89.4 Å². The summed E-state index contributed by atoms with van der Waals surface area (Å²) in [6.45, 7) is -0.671. The van der Waals surface area contributed by atoms with Crippen molar-refractivity contribution in [3.63, 3.8) is 0 Å². The van der Waals surface area contributed by atoms with Gasteiger partial charge in [0.15, 0.2) is 6.61 Å². The van der Waals surface area contributed by atoms with Gasteiger partial charge >= 0.3 is 11.9 Å². The second kappa shape index (κ2) is 4.56. The number of carbonyl (C=O) groups excluding carboxylic acids is 1. The largest absolute Gasteiger partial charge is 0.479 e. The highest BCUT2D eigenvalue weighted by Gasteiger charge is 2.13. The predicted molar refractivity (Wildman–Crippen MR) is 57.5 cm³/mol. The van der Waals surface area contributed by atoms with Crippen LogP contribution >= 0.6 is 0 Å². The highest BCUT2D eigenvalue weighted by atomic mass is 16.5. The van der Waals surface area contributed by atoms with Crippen LogP contribution in [0.5, 0.6) is 0 Å². The molecule has 86 valence electrons. The maximum absolute atomic E-state index is 11.6. The fourth-order valence-electron chi connectivity index (χ4n) is 1.37. The van der Waals surface area contributed by atoms with E-state index in [9.17, 15) is 9.59 Å². The molecule has 0 bridgehead atoms. The lowest BCUT2D eigenvalue weighted by Crippen LogP contribution is -2.13. The molecule has 0 atom stereocenters. The van der Waals surface area contributed by atoms with Gasteiger partial charge in [-0.2, -0.15) is 10.2 Å². The van der Waals surface area contributed by atoms with Gasteiger partial charge < -0.3 is 9.84 Å². The van der Waals surface area contributed by atoms with Gasteiger partial charge in [-0.3, -0.25) is 0 Å². The van der Waals surface area contributed by atoms with E-state index >= 15 is 0 Å². The third-order valence-corrected chi connectivity index (χ3v) is 2.09. The van der Waals surface area contributed by atoms with E-state index in [0.29, 0.717) is 10.9 Å². The number of carboxylic acids is 1. The van der Waals surface area contributed by atoms with Crippen molar-refractivity contribution in [3.8, 4) is 0 Å². The minimum atomic E-state index is -1.20. The molecule has 0 amide bonds. The number of aromatic nitrogens is 2. The lowest BCUT2D eigenvalue weighted by molar-refractivity contribution is -0.140. The Hall–Kier alpha value is -2.50. The third-order valence-electron chi connectivity index (χ3n) is 2.09. The molecule has 0 fully saturated rings. The van der Waals surface area contributed by atoms with Crippen molar-refractivity contribution in [3.05, 3.63) is 36.0 Å². The first-order chi connectivity index (χ1) is 8.18. The number of ether oxygens (including phenoxy) is 1. The summed E-state index contributed by atoms with van der Waals surface area (Å²) in [5, 5.41) is 16.5.